The van der Waals surface area contributed by atoms with Crippen molar-refractivity contribution < 1.29 is 22.7 Å². The normalized spacial score (nSPS) is 12.2. The van der Waals surface area contributed by atoms with Gasteiger partial charge in [-0.05, 0) is 60.2 Å². The fourth-order valence-electron chi connectivity index (χ4n) is 3.54. The standard InChI is InChI=1S/C26H29NO5S/c1-31-23-15-17-24(18-16-23)33(29,30)27-25(19-21-7-4-3-5-8-21)22-13-11-20(12-14-22)9-6-10-26(28)32-2/h3-5,7-8,11-18,25,27H,6,9-10,19H2,1-2H3. The Balaban J connectivity index is 1.79. The van der Waals surface area contributed by atoms with Crippen molar-refractivity contribution in [2.75, 3.05) is 14.2 Å². The summed E-state index contributed by atoms with van der Waals surface area (Å²) in [4.78, 5) is 11.5. The maximum Gasteiger partial charge on any atom is 0.305 e. The van der Waals surface area contributed by atoms with Gasteiger partial charge in [-0.3, -0.25) is 4.79 Å². The van der Waals surface area contributed by atoms with Gasteiger partial charge in [0.15, 0.2) is 0 Å². The van der Waals surface area contributed by atoms with Crippen LogP contribution in [0.3, 0.4) is 0 Å². The van der Waals surface area contributed by atoms with Gasteiger partial charge >= 0.3 is 5.97 Å². The highest BCUT2D eigenvalue weighted by molar-refractivity contribution is 7.89. The van der Waals surface area contributed by atoms with E-state index in [1.165, 1.54) is 26.4 Å². The number of esters is 1. The van der Waals surface area contributed by atoms with Crippen LogP contribution in [-0.2, 0) is 32.4 Å². The van der Waals surface area contributed by atoms with Crippen LogP contribution in [0, 0.1) is 0 Å². The highest BCUT2D eigenvalue weighted by Gasteiger charge is 2.22. The summed E-state index contributed by atoms with van der Waals surface area (Å²) < 4.78 is 38.9. The SMILES string of the molecule is COC(=O)CCCc1ccc(C(Cc2ccccc2)NS(=O)(=O)c2ccc(OC)cc2)cc1. The van der Waals surface area contributed by atoms with E-state index in [4.69, 9.17) is 4.74 Å². The molecule has 0 heterocycles. The average molecular weight is 468 g/mol. The Morgan fingerprint density at radius 2 is 1.55 bits per heavy atom. The largest absolute Gasteiger partial charge is 0.497 e. The van der Waals surface area contributed by atoms with Crippen LogP contribution in [0.1, 0.15) is 35.6 Å². The summed E-state index contributed by atoms with van der Waals surface area (Å²) in [6.45, 7) is 0. The Morgan fingerprint density at radius 1 is 0.879 bits per heavy atom. The summed E-state index contributed by atoms with van der Waals surface area (Å²) >= 11 is 0. The average Bonchev–Trinajstić information content (AvgIpc) is 2.84. The van der Waals surface area contributed by atoms with Crippen molar-refractivity contribution in [3.05, 3.63) is 95.6 Å². The van der Waals surface area contributed by atoms with E-state index in [1.807, 2.05) is 54.6 Å². The zero-order chi connectivity index (χ0) is 23.7. The van der Waals surface area contributed by atoms with Crippen molar-refractivity contribution >= 4 is 16.0 Å². The van der Waals surface area contributed by atoms with Gasteiger partial charge in [0.25, 0.3) is 0 Å². The fourth-order valence-corrected chi connectivity index (χ4v) is 4.77. The molecule has 0 fully saturated rings. The molecule has 7 heteroatoms. The molecule has 0 aliphatic rings. The molecule has 0 saturated carbocycles. The Hall–Kier alpha value is -3.16. The van der Waals surface area contributed by atoms with Gasteiger partial charge in [-0.25, -0.2) is 13.1 Å². The minimum atomic E-state index is -3.75. The number of carbonyl (C=O) groups is 1. The molecule has 1 unspecified atom stereocenters. The Labute approximate surface area is 195 Å². The van der Waals surface area contributed by atoms with E-state index in [2.05, 4.69) is 9.46 Å². The molecule has 0 aliphatic carbocycles. The number of methoxy groups -OCH3 is 2. The highest BCUT2D eigenvalue weighted by atomic mass is 32.2. The molecular weight excluding hydrogens is 438 g/mol. The summed E-state index contributed by atoms with van der Waals surface area (Å²) in [7, 11) is -0.822. The monoisotopic (exact) mass is 467 g/mol. The van der Waals surface area contributed by atoms with Gasteiger partial charge in [-0.2, -0.15) is 0 Å². The number of hydrogen-bond acceptors (Lipinski definition) is 5. The molecule has 0 radical (unpaired) electrons. The third kappa shape index (κ3) is 7.17. The molecule has 0 amide bonds. The van der Waals surface area contributed by atoms with E-state index in [-0.39, 0.29) is 10.9 Å². The molecule has 0 saturated heterocycles. The zero-order valence-electron chi connectivity index (χ0n) is 18.9. The summed E-state index contributed by atoms with van der Waals surface area (Å²) in [5.41, 5.74) is 2.98. The second kappa shape index (κ2) is 11.6. The van der Waals surface area contributed by atoms with Crippen LogP contribution in [0.15, 0.2) is 83.8 Å². The molecule has 1 atom stereocenters. The van der Waals surface area contributed by atoms with Crippen molar-refractivity contribution in [2.45, 2.75) is 36.6 Å². The van der Waals surface area contributed by atoms with E-state index >= 15 is 0 Å². The molecule has 3 aromatic rings. The van der Waals surface area contributed by atoms with Crippen molar-refractivity contribution in [2.24, 2.45) is 0 Å². The second-order valence-electron chi connectivity index (χ2n) is 7.71. The van der Waals surface area contributed by atoms with Gasteiger partial charge in [0, 0.05) is 6.42 Å². The van der Waals surface area contributed by atoms with E-state index in [0.29, 0.717) is 25.0 Å². The number of rotatable bonds is 11. The summed E-state index contributed by atoms with van der Waals surface area (Å²) in [5.74, 6) is 0.375. The van der Waals surface area contributed by atoms with Crippen LogP contribution in [0.2, 0.25) is 0 Å². The smallest absolute Gasteiger partial charge is 0.305 e. The molecule has 1 N–H and O–H groups in total. The fraction of sp³-hybridized carbons (Fsp3) is 0.269. The van der Waals surface area contributed by atoms with Crippen molar-refractivity contribution in [3.8, 4) is 5.75 Å². The second-order valence-corrected chi connectivity index (χ2v) is 9.42. The lowest BCUT2D eigenvalue weighted by molar-refractivity contribution is -0.140. The van der Waals surface area contributed by atoms with Gasteiger partial charge in [-0.1, -0.05) is 54.6 Å². The van der Waals surface area contributed by atoms with Crippen molar-refractivity contribution in [3.63, 3.8) is 0 Å². The van der Waals surface area contributed by atoms with Crippen LogP contribution < -0.4 is 9.46 Å². The van der Waals surface area contributed by atoms with Crippen molar-refractivity contribution in [1.82, 2.24) is 4.72 Å². The topological polar surface area (TPSA) is 81.7 Å². The molecule has 6 nitrogen and oxygen atoms in total. The lowest BCUT2D eigenvalue weighted by Gasteiger charge is -2.20. The molecular formula is C26H29NO5S. The number of ether oxygens (including phenoxy) is 2. The lowest BCUT2D eigenvalue weighted by Crippen LogP contribution is -2.30. The van der Waals surface area contributed by atoms with E-state index in [0.717, 1.165) is 23.1 Å². The van der Waals surface area contributed by atoms with Gasteiger partial charge in [0.2, 0.25) is 10.0 Å². The third-order valence-corrected chi connectivity index (χ3v) is 6.89. The number of nitrogens with one attached hydrogen (secondary N) is 1. The van der Waals surface area contributed by atoms with Crippen LogP contribution in [-0.4, -0.2) is 28.6 Å². The molecule has 0 aromatic heterocycles. The van der Waals surface area contributed by atoms with E-state index in [1.54, 1.807) is 12.1 Å². The minimum Gasteiger partial charge on any atom is -0.497 e. The minimum absolute atomic E-state index is 0.181. The summed E-state index contributed by atoms with van der Waals surface area (Å²) in [6, 6.07) is 23.5. The van der Waals surface area contributed by atoms with Gasteiger partial charge < -0.3 is 9.47 Å². The zero-order valence-corrected chi connectivity index (χ0v) is 19.7. The highest BCUT2D eigenvalue weighted by Crippen LogP contribution is 2.24. The number of carbonyl (C=O) groups excluding carboxylic acids is 1. The molecule has 0 aliphatic heterocycles. The molecule has 3 aromatic carbocycles. The number of benzene rings is 3. The molecule has 33 heavy (non-hydrogen) atoms. The van der Waals surface area contributed by atoms with Crippen LogP contribution >= 0.6 is 0 Å². The molecule has 3 rings (SSSR count). The first-order valence-corrected chi connectivity index (χ1v) is 12.3. The first-order chi connectivity index (χ1) is 15.9. The van der Waals surface area contributed by atoms with Crippen LogP contribution in [0.4, 0.5) is 0 Å². The predicted molar refractivity (Wildman–Crippen MR) is 128 cm³/mol. The predicted octanol–water partition coefficient (Wildman–Crippen LogP) is 4.45. The maximum absolute atomic E-state index is 13.1. The van der Waals surface area contributed by atoms with Crippen LogP contribution in [0.5, 0.6) is 5.75 Å². The van der Waals surface area contributed by atoms with Gasteiger partial charge in [0.1, 0.15) is 5.75 Å². The number of hydrogen-bond donors (Lipinski definition) is 1. The quantitative estimate of drug-likeness (QED) is 0.421. The van der Waals surface area contributed by atoms with Gasteiger partial charge in [-0.15, -0.1) is 0 Å². The Kier molecular flexibility index (Phi) is 8.63. The van der Waals surface area contributed by atoms with Crippen LogP contribution in [0.25, 0.3) is 0 Å². The molecule has 0 bridgehead atoms. The van der Waals surface area contributed by atoms with E-state index in [9.17, 15) is 13.2 Å². The molecule has 0 spiro atoms. The number of aryl methyl sites for hydroxylation is 1. The van der Waals surface area contributed by atoms with Gasteiger partial charge in [0.05, 0.1) is 25.2 Å². The van der Waals surface area contributed by atoms with E-state index < -0.39 is 16.1 Å². The first kappa shape index (κ1) is 24.5. The summed E-state index contributed by atoms with van der Waals surface area (Å²) in [5, 5.41) is 0. The number of sulfonamides is 1. The molecule has 174 valence electrons. The third-order valence-electron chi connectivity index (χ3n) is 5.41. The lowest BCUT2D eigenvalue weighted by atomic mass is 9.98. The first-order valence-electron chi connectivity index (χ1n) is 10.8. The Bertz CT molecular complexity index is 1130. The summed E-state index contributed by atoms with van der Waals surface area (Å²) in [6.07, 6.45) is 2.33. The Morgan fingerprint density at radius 3 is 2.15 bits per heavy atom. The van der Waals surface area contributed by atoms with Crippen molar-refractivity contribution in [1.29, 1.82) is 0 Å². The maximum atomic E-state index is 13.1.